The van der Waals surface area contributed by atoms with Gasteiger partial charge in [0.2, 0.25) is 0 Å². The molecule has 1 spiro atoms. The van der Waals surface area contributed by atoms with Crippen molar-refractivity contribution in [2.75, 3.05) is 24.5 Å². The number of aromatic nitrogens is 2. The summed E-state index contributed by atoms with van der Waals surface area (Å²) in [5.74, 6) is -1.74. The molecule has 1 N–H and O–H groups in total. The number of carbonyl (C=O) groups excluding carboxylic acids is 1. The van der Waals surface area contributed by atoms with Crippen LogP contribution in [-0.2, 0) is 4.79 Å². The van der Waals surface area contributed by atoms with Crippen molar-refractivity contribution in [2.45, 2.75) is 43.8 Å². The van der Waals surface area contributed by atoms with Crippen LogP contribution < -0.4 is 4.90 Å². The lowest BCUT2D eigenvalue weighted by molar-refractivity contribution is -0.192. The standard InChI is InChI=1S/C23H23N5OS.C2HF3O2/c24-15-17-5-1-2-6-18(17)22(29)27-11-3-8-23(10-13-27)9-4-12-28(23)21-20-19(7-14-30-20)25-16-26-21;3-2(4,5)1(6)7/h1-2,5-7,14,16H,3-4,8-13H2;(H,6,7). The maximum atomic E-state index is 13.2. The fourth-order valence-corrected chi connectivity index (χ4v) is 5.92. The number of carboxylic acid groups (broad SMARTS) is 1. The largest absolute Gasteiger partial charge is 0.490 e. The highest BCUT2D eigenvalue weighted by Crippen LogP contribution is 2.43. The predicted molar refractivity (Wildman–Crippen MR) is 131 cm³/mol. The Bertz CT molecular complexity index is 1340. The molecule has 2 saturated heterocycles. The van der Waals surface area contributed by atoms with Gasteiger partial charge in [-0.15, -0.1) is 11.3 Å². The highest BCUT2D eigenvalue weighted by atomic mass is 32.1. The van der Waals surface area contributed by atoms with Crippen molar-refractivity contribution in [3.05, 3.63) is 53.2 Å². The number of fused-ring (bicyclic) bond motifs is 1. The summed E-state index contributed by atoms with van der Waals surface area (Å²) in [6.07, 6.45) is 1.78. The van der Waals surface area contributed by atoms with Gasteiger partial charge in [0.05, 0.1) is 27.4 Å². The number of hydrogen-bond donors (Lipinski definition) is 1. The number of thiophene rings is 1. The van der Waals surface area contributed by atoms with Crippen molar-refractivity contribution in [2.24, 2.45) is 0 Å². The number of halogens is 3. The molecule has 2 fully saturated rings. The van der Waals surface area contributed by atoms with Gasteiger partial charge in [0, 0.05) is 25.2 Å². The summed E-state index contributed by atoms with van der Waals surface area (Å²) in [6.45, 7) is 2.43. The van der Waals surface area contributed by atoms with Crippen molar-refractivity contribution < 1.29 is 27.9 Å². The average Bonchev–Trinajstić information content (AvgIpc) is 3.47. The summed E-state index contributed by atoms with van der Waals surface area (Å²) < 4.78 is 32.9. The highest BCUT2D eigenvalue weighted by Gasteiger charge is 2.43. The van der Waals surface area contributed by atoms with Crippen LogP contribution in [0, 0.1) is 11.3 Å². The second-order valence-electron chi connectivity index (χ2n) is 8.92. The molecule has 0 bridgehead atoms. The molecule has 5 rings (SSSR count). The summed E-state index contributed by atoms with van der Waals surface area (Å²) in [6, 6.07) is 11.3. The van der Waals surface area contributed by atoms with Crippen molar-refractivity contribution in [3.8, 4) is 6.07 Å². The van der Waals surface area contributed by atoms with Gasteiger partial charge in [-0.1, -0.05) is 12.1 Å². The molecule has 0 saturated carbocycles. The summed E-state index contributed by atoms with van der Waals surface area (Å²) in [5, 5.41) is 18.6. The monoisotopic (exact) mass is 531 g/mol. The molecule has 1 unspecified atom stereocenters. The molecular formula is C25H24F3N5O3S. The molecule has 8 nitrogen and oxygen atoms in total. The van der Waals surface area contributed by atoms with Gasteiger partial charge in [0.25, 0.3) is 5.91 Å². The van der Waals surface area contributed by atoms with Crippen LogP contribution in [0.1, 0.15) is 48.0 Å². The van der Waals surface area contributed by atoms with E-state index in [9.17, 15) is 23.2 Å². The number of likely N-dealkylation sites (tertiary alicyclic amines) is 1. The predicted octanol–water partition coefficient (Wildman–Crippen LogP) is 4.86. The number of nitrogens with zero attached hydrogens (tertiary/aromatic N) is 5. The van der Waals surface area contributed by atoms with Crippen molar-refractivity contribution in [3.63, 3.8) is 0 Å². The summed E-state index contributed by atoms with van der Waals surface area (Å²) in [5.41, 5.74) is 2.00. The number of amides is 1. The lowest BCUT2D eigenvalue weighted by Gasteiger charge is -2.39. The summed E-state index contributed by atoms with van der Waals surface area (Å²) >= 11 is 1.70. The Morgan fingerprint density at radius 2 is 1.76 bits per heavy atom. The number of nitriles is 1. The van der Waals surface area contributed by atoms with Gasteiger partial charge < -0.3 is 14.9 Å². The summed E-state index contributed by atoms with van der Waals surface area (Å²) in [4.78, 5) is 35.6. The van der Waals surface area contributed by atoms with Crippen LogP contribution in [0.3, 0.4) is 0 Å². The molecule has 0 aliphatic carbocycles. The first-order valence-corrected chi connectivity index (χ1v) is 12.6. The Morgan fingerprint density at radius 3 is 2.46 bits per heavy atom. The Balaban J connectivity index is 0.000000405. The summed E-state index contributed by atoms with van der Waals surface area (Å²) in [7, 11) is 0. The molecule has 3 aromatic rings. The molecule has 1 atom stereocenters. The van der Waals surface area contributed by atoms with Gasteiger partial charge in [-0.05, 0) is 55.7 Å². The first-order chi connectivity index (χ1) is 17.7. The topological polar surface area (TPSA) is 110 Å². The maximum absolute atomic E-state index is 13.2. The second-order valence-corrected chi connectivity index (χ2v) is 9.83. The van der Waals surface area contributed by atoms with E-state index in [2.05, 4.69) is 26.3 Å². The van der Waals surface area contributed by atoms with E-state index in [-0.39, 0.29) is 11.4 Å². The van der Waals surface area contributed by atoms with Crippen molar-refractivity contribution in [1.82, 2.24) is 14.9 Å². The Labute approximate surface area is 215 Å². The molecule has 2 aliphatic rings. The average molecular weight is 532 g/mol. The van der Waals surface area contributed by atoms with Gasteiger partial charge >= 0.3 is 12.1 Å². The fourth-order valence-electron chi connectivity index (χ4n) is 5.08. The van der Waals surface area contributed by atoms with E-state index in [1.807, 2.05) is 17.0 Å². The van der Waals surface area contributed by atoms with Crippen molar-refractivity contribution >= 4 is 39.2 Å². The molecule has 0 radical (unpaired) electrons. The van der Waals surface area contributed by atoms with Gasteiger partial charge in [0.1, 0.15) is 12.1 Å². The smallest absolute Gasteiger partial charge is 0.475 e. The van der Waals surface area contributed by atoms with E-state index >= 15 is 0 Å². The van der Waals surface area contributed by atoms with Gasteiger partial charge in [0.15, 0.2) is 0 Å². The van der Waals surface area contributed by atoms with Crippen molar-refractivity contribution in [1.29, 1.82) is 5.26 Å². The first kappa shape index (κ1) is 26.3. The van der Waals surface area contributed by atoms with Crippen LogP contribution >= 0.6 is 11.3 Å². The third-order valence-electron chi connectivity index (χ3n) is 6.80. The minimum Gasteiger partial charge on any atom is -0.475 e. The number of anilines is 1. The van der Waals surface area contributed by atoms with Crippen LogP contribution in [-0.4, -0.2) is 63.2 Å². The zero-order chi connectivity index (χ0) is 26.6. The lowest BCUT2D eigenvalue weighted by Crippen LogP contribution is -2.45. The van der Waals surface area contributed by atoms with Crippen LogP contribution in [0.25, 0.3) is 10.2 Å². The second kappa shape index (κ2) is 10.7. The Kier molecular flexibility index (Phi) is 7.63. The van der Waals surface area contributed by atoms with Crippen LogP contribution in [0.15, 0.2) is 42.0 Å². The molecule has 1 amide bonds. The maximum Gasteiger partial charge on any atom is 0.490 e. The highest BCUT2D eigenvalue weighted by molar-refractivity contribution is 7.17. The fraction of sp³-hybridized carbons (Fsp3) is 0.400. The van der Waals surface area contributed by atoms with Crippen LogP contribution in [0.2, 0.25) is 0 Å². The molecule has 2 aromatic heterocycles. The molecular weight excluding hydrogens is 507 g/mol. The minimum atomic E-state index is -5.08. The zero-order valence-electron chi connectivity index (χ0n) is 19.7. The number of carboxylic acids is 1. The van der Waals surface area contributed by atoms with E-state index < -0.39 is 12.1 Å². The molecule has 194 valence electrons. The van der Waals surface area contributed by atoms with Crippen LogP contribution in [0.5, 0.6) is 0 Å². The lowest BCUT2D eigenvalue weighted by atomic mass is 9.87. The first-order valence-electron chi connectivity index (χ1n) is 11.7. The van der Waals surface area contributed by atoms with Gasteiger partial charge in [-0.3, -0.25) is 4.79 Å². The van der Waals surface area contributed by atoms with E-state index in [1.165, 1.54) is 0 Å². The van der Waals surface area contributed by atoms with Gasteiger partial charge in [-0.2, -0.15) is 18.4 Å². The SMILES string of the molecule is N#Cc1ccccc1C(=O)N1CCCC2(CCCN2c2ncnc3ccsc23)CC1.O=C(O)C(F)(F)F. The van der Waals surface area contributed by atoms with E-state index in [1.54, 1.807) is 35.9 Å². The normalized spacial score (nSPS) is 19.7. The van der Waals surface area contributed by atoms with Crippen LogP contribution in [0.4, 0.5) is 19.0 Å². The molecule has 4 heterocycles. The van der Waals surface area contributed by atoms with E-state index in [0.717, 1.165) is 61.2 Å². The molecule has 1 aromatic carbocycles. The third kappa shape index (κ3) is 5.51. The quantitative estimate of drug-likeness (QED) is 0.503. The van der Waals surface area contributed by atoms with E-state index in [0.29, 0.717) is 17.7 Å². The zero-order valence-corrected chi connectivity index (χ0v) is 20.6. The number of aliphatic carboxylic acids is 1. The number of alkyl halides is 3. The number of hydrogen-bond acceptors (Lipinski definition) is 7. The molecule has 12 heteroatoms. The molecule has 2 aliphatic heterocycles. The minimum absolute atomic E-state index is 0.0311. The Hall–Kier alpha value is -3.72. The van der Waals surface area contributed by atoms with Gasteiger partial charge in [-0.25, -0.2) is 14.8 Å². The number of benzene rings is 1. The third-order valence-corrected chi connectivity index (χ3v) is 7.70. The molecule has 37 heavy (non-hydrogen) atoms. The number of rotatable bonds is 2. The Morgan fingerprint density at radius 1 is 1.05 bits per heavy atom. The van der Waals surface area contributed by atoms with E-state index in [4.69, 9.17) is 9.90 Å². The number of carbonyl (C=O) groups is 2.